The quantitative estimate of drug-likeness (QED) is 0.615. The first-order valence-electron chi connectivity index (χ1n) is 5.68. The highest BCUT2D eigenvalue weighted by Gasteiger charge is 2.27. The molecule has 0 heterocycles. The Bertz CT molecular complexity index is 396. The van der Waals surface area contributed by atoms with Gasteiger partial charge in [0.15, 0.2) is 18.1 Å². The highest BCUT2D eigenvalue weighted by Crippen LogP contribution is 2.30. The smallest absolute Gasteiger partial charge is 0.413 e. The second-order valence-electron chi connectivity index (χ2n) is 3.61. The zero-order valence-electron chi connectivity index (χ0n) is 10.7. The molecule has 7 heteroatoms. The number of nitrogens with one attached hydrogen (secondary N) is 1. The predicted molar refractivity (Wildman–Crippen MR) is 63.0 cm³/mol. The van der Waals surface area contributed by atoms with E-state index in [1.807, 2.05) is 6.92 Å². The molecule has 4 nitrogen and oxygen atoms in total. The molecule has 1 aromatic carbocycles. The Morgan fingerprint density at radius 2 is 2.00 bits per heavy atom. The van der Waals surface area contributed by atoms with Crippen molar-refractivity contribution in [2.75, 3.05) is 20.3 Å². The summed E-state index contributed by atoms with van der Waals surface area (Å²) >= 11 is 0. The maximum Gasteiger partial charge on any atom is 0.413 e. The molecule has 0 saturated carbocycles. The molecule has 19 heavy (non-hydrogen) atoms. The summed E-state index contributed by atoms with van der Waals surface area (Å²) in [4.78, 5) is 4.33. The molecule has 0 saturated heterocycles. The molecule has 1 N–H and O–H groups in total. The summed E-state index contributed by atoms with van der Waals surface area (Å²) in [7, 11) is 1.47. The fourth-order valence-electron chi connectivity index (χ4n) is 1.46. The molecule has 1 rings (SSSR count). The van der Waals surface area contributed by atoms with Crippen molar-refractivity contribution in [2.45, 2.75) is 19.6 Å². The van der Waals surface area contributed by atoms with Crippen molar-refractivity contribution in [3.05, 3.63) is 23.8 Å². The van der Waals surface area contributed by atoms with Crippen LogP contribution in [0.1, 0.15) is 12.5 Å². The number of rotatable bonds is 7. The Balaban J connectivity index is 2.60. The van der Waals surface area contributed by atoms with Gasteiger partial charge in [-0.1, -0.05) is 12.1 Å². The number of hydrogen-bond acceptors (Lipinski definition) is 4. The lowest BCUT2D eigenvalue weighted by atomic mass is 10.2. The van der Waals surface area contributed by atoms with Crippen molar-refractivity contribution in [3.8, 4) is 11.5 Å². The lowest BCUT2D eigenvalue weighted by Gasteiger charge is -2.14. The lowest BCUT2D eigenvalue weighted by Crippen LogP contribution is -2.24. The number of methoxy groups -OCH3 is 1. The summed E-state index contributed by atoms with van der Waals surface area (Å²) in [6.07, 6.45) is -4.36. The topological polar surface area (TPSA) is 39.7 Å². The molecule has 0 aromatic heterocycles. The van der Waals surface area contributed by atoms with E-state index in [0.717, 1.165) is 0 Å². The summed E-state index contributed by atoms with van der Waals surface area (Å²) < 4.78 is 46.2. The fourth-order valence-corrected chi connectivity index (χ4v) is 1.46. The van der Waals surface area contributed by atoms with Gasteiger partial charge in [0.1, 0.15) is 0 Å². The van der Waals surface area contributed by atoms with E-state index in [1.54, 1.807) is 18.2 Å². The highest BCUT2D eigenvalue weighted by molar-refractivity contribution is 5.46. The Hall–Kier alpha value is -1.47. The first-order valence-corrected chi connectivity index (χ1v) is 5.68. The van der Waals surface area contributed by atoms with E-state index < -0.39 is 12.8 Å². The van der Waals surface area contributed by atoms with Crippen LogP contribution in [0.15, 0.2) is 18.2 Å². The summed E-state index contributed by atoms with van der Waals surface area (Å²) in [5.41, 5.74) is 2.90. The van der Waals surface area contributed by atoms with E-state index >= 15 is 0 Å². The van der Waals surface area contributed by atoms with Crippen LogP contribution in [-0.2, 0) is 11.4 Å². The van der Waals surface area contributed by atoms with Crippen LogP contribution in [0.4, 0.5) is 13.2 Å². The van der Waals surface area contributed by atoms with Crippen LogP contribution in [0.2, 0.25) is 0 Å². The fraction of sp³-hybridized carbons (Fsp3) is 0.500. The third-order valence-corrected chi connectivity index (χ3v) is 2.16. The van der Waals surface area contributed by atoms with Crippen LogP contribution in [0, 0.1) is 0 Å². The minimum atomic E-state index is -4.36. The highest BCUT2D eigenvalue weighted by atomic mass is 19.4. The SMILES string of the molecule is CCOc1cccc(CNOCC(F)(F)F)c1OC. The number of halogens is 3. The predicted octanol–water partition coefficient (Wildman–Crippen LogP) is 2.68. The molecule has 0 amide bonds. The van der Waals surface area contributed by atoms with E-state index in [4.69, 9.17) is 9.47 Å². The van der Waals surface area contributed by atoms with Crippen LogP contribution in [-0.4, -0.2) is 26.5 Å². The molecular weight excluding hydrogens is 263 g/mol. The van der Waals surface area contributed by atoms with Gasteiger partial charge in [0.2, 0.25) is 0 Å². The minimum Gasteiger partial charge on any atom is -0.493 e. The number of alkyl halides is 3. The van der Waals surface area contributed by atoms with Crippen LogP contribution >= 0.6 is 0 Å². The Morgan fingerprint density at radius 3 is 2.58 bits per heavy atom. The van der Waals surface area contributed by atoms with Crippen molar-refractivity contribution < 1.29 is 27.5 Å². The molecule has 0 atom stereocenters. The third kappa shape index (κ3) is 5.35. The molecule has 108 valence electrons. The van der Waals surface area contributed by atoms with Crippen molar-refractivity contribution >= 4 is 0 Å². The van der Waals surface area contributed by atoms with Gasteiger partial charge in [0.05, 0.1) is 13.7 Å². The number of ether oxygens (including phenoxy) is 2. The molecule has 0 unspecified atom stereocenters. The Kier molecular flexibility index (Phi) is 5.91. The molecule has 0 aliphatic heterocycles. The Labute approximate surface area is 109 Å². The van der Waals surface area contributed by atoms with Gasteiger partial charge in [-0.2, -0.15) is 18.7 Å². The summed E-state index contributed by atoms with van der Waals surface area (Å²) in [6.45, 7) is 1.04. The second-order valence-corrected chi connectivity index (χ2v) is 3.61. The summed E-state index contributed by atoms with van der Waals surface area (Å²) in [5, 5.41) is 0. The minimum absolute atomic E-state index is 0.0835. The van der Waals surface area contributed by atoms with Gasteiger partial charge < -0.3 is 9.47 Å². The van der Waals surface area contributed by atoms with Crippen molar-refractivity contribution in [2.24, 2.45) is 0 Å². The molecule has 0 aliphatic carbocycles. The van der Waals surface area contributed by atoms with Gasteiger partial charge in [-0.15, -0.1) is 0 Å². The number of hydroxylamine groups is 1. The summed E-state index contributed by atoms with van der Waals surface area (Å²) in [5.74, 6) is 1.02. The van der Waals surface area contributed by atoms with Crippen molar-refractivity contribution in [1.29, 1.82) is 0 Å². The van der Waals surface area contributed by atoms with E-state index in [9.17, 15) is 13.2 Å². The molecule has 0 bridgehead atoms. The van der Waals surface area contributed by atoms with Crippen LogP contribution in [0.5, 0.6) is 11.5 Å². The van der Waals surface area contributed by atoms with E-state index in [-0.39, 0.29) is 6.54 Å². The molecule has 0 fully saturated rings. The molecule has 0 radical (unpaired) electrons. The normalized spacial score (nSPS) is 11.4. The maximum atomic E-state index is 11.9. The molecule has 0 spiro atoms. The van der Waals surface area contributed by atoms with Crippen LogP contribution in [0.25, 0.3) is 0 Å². The molecule has 0 aliphatic rings. The van der Waals surface area contributed by atoms with Gasteiger partial charge in [-0.3, -0.25) is 4.84 Å². The zero-order valence-corrected chi connectivity index (χ0v) is 10.7. The average Bonchev–Trinajstić information content (AvgIpc) is 2.34. The van der Waals surface area contributed by atoms with E-state index in [0.29, 0.717) is 23.7 Å². The first-order chi connectivity index (χ1) is 8.98. The largest absolute Gasteiger partial charge is 0.493 e. The zero-order chi connectivity index (χ0) is 14.3. The van der Waals surface area contributed by atoms with E-state index in [1.165, 1.54) is 7.11 Å². The first kappa shape index (κ1) is 15.6. The number of benzene rings is 1. The average molecular weight is 279 g/mol. The summed E-state index contributed by atoms with van der Waals surface area (Å²) in [6, 6.07) is 5.17. The van der Waals surface area contributed by atoms with Gasteiger partial charge >= 0.3 is 6.18 Å². The second kappa shape index (κ2) is 7.20. The van der Waals surface area contributed by atoms with Gasteiger partial charge in [0, 0.05) is 12.1 Å². The van der Waals surface area contributed by atoms with Crippen LogP contribution < -0.4 is 15.0 Å². The van der Waals surface area contributed by atoms with Crippen molar-refractivity contribution in [3.63, 3.8) is 0 Å². The maximum absolute atomic E-state index is 11.9. The molecular formula is C12H16F3NO3. The molecule has 1 aromatic rings. The standard InChI is InChI=1S/C12H16F3NO3/c1-3-18-10-6-4-5-9(11(10)17-2)7-16-19-8-12(13,14)15/h4-6,16H,3,7-8H2,1-2H3. The van der Waals surface area contributed by atoms with Gasteiger partial charge in [0.25, 0.3) is 0 Å². The Morgan fingerprint density at radius 1 is 1.26 bits per heavy atom. The number of hydrogen-bond donors (Lipinski definition) is 1. The van der Waals surface area contributed by atoms with Gasteiger partial charge in [-0.05, 0) is 13.0 Å². The third-order valence-electron chi connectivity index (χ3n) is 2.16. The van der Waals surface area contributed by atoms with E-state index in [2.05, 4.69) is 10.3 Å². The lowest BCUT2D eigenvalue weighted by molar-refractivity contribution is -0.190. The number of para-hydroxylation sites is 1. The van der Waals surface area contributed by atoms with Crippen molar-refractivity contribution in [1.82, 2.24) is 5.48 Å². The van der Waals surface area contributed by atoms with Crippen LogP contribution in [0.3, 0.4) is 0 Å². The van der Waals surface area contributed by atoms with Gasteiger partial charge in [-0.25, -0.2) is 0 Å². The monoisotopic (exact) mass is 279 g/mol.